The topological polar surface area (TPSA) is 63.8 Å². The fourth-order valence-corrected chi connectivity index (χ4v) is 1.70. The number of nitrogens with two attached hydrogens (primary N) is 1. The van der Waals surface area contributed by atoms with Gasteiger partial charge in [-0.1, -0.05) is 25.1 Å². The van der Waals surface area contributed by atoms with E-state index < -0.39 is 0 Å². The Morgan fingerprint density at radius 2 is 1.89 bits per heavy atom. The van der Waals surface area contributed by atoms with Crippen LogP contribution >= 0.6 is 0 Å². The fraction of sp³-hybridized carbons (Fsp3) is 0.286. The third kappa shape index (κ3) is 2.42. The lowest BCUT2D eigenvalue weighted by Crippen LogP contribution is -2.07. The van der Waals surface area contributed by atoms with Crippen LogP contribution in [-0.2, 0) is 6.42 Å². The second-order valence-electron chi connectivity index (χ2n) is 4.29. The molecule has 0 saturated carbocycles. The average Bonchev–Trinajstić information content (AvgIpc) is 2.37. The van der Waals surface area contributed by atoms with Crippen LogP contribution in [0.4, 0.5) is 17.3 Å². The number of benzene rings is 1. The lowest BCUT2D eigenvalue weighted by atomic mass is 10.2. The van der Waals surface area contributed by atoms with Crippen molar-refractivity contribution in [3.8, 4) is 0 Å². The Kier molecular flexibility index (Phi) is 3.46. The van der Waals surface area contributed by atoms with E-state index in [0.29, 0.717) is 5.82 Å². The summed E-state index contributed by atoms with van der Waals surface area (Å²) in [6.07, 6.45) is 0.771. The Morgan fingerprint density at radius 1 is 1.17 bits per heavy atom. The molecule has 0 amide bonds. The van der Waals surface area contributed by atoms with E-state index in [-0.39, 0.29) is 0 Å². The maximum absolute atomic E-state index is 5.90. The summed E-state index contributed by atoms with van der Waals surface area (Å²) < 4.78 is 0. The number of nitrogen functional groups attached to an aromatic ring is 1. The minimum absolute atomic E-state index is 0.540. The molecule has 0 atom stereocenters. The molecule has 2 aromatic rings. The van der Waals surface area contributed by atoms with E-state index in [1.165, 1.54) is 5.56 Å². The van der Waals surface area contributed by atoms with E-state index in [2.05, 4.69) is 28.3 Å². The molecule has 0 aliphatic rings. The minimum atomic E-state index is 0.540. The smallest absolute Gasteiger partial charge is 0.139 e. The van der Waals surface area contributed by atoms with E-state index in [1.54, 1.807) is 0 Å². The van der Waals surface area contributed by atoms with Gasteiger partial charge in [-0.15, -0.1) is 0 Å². The van der Waals surface area contributed by atoms with Crippen LogP contribution in [0.1, 0.15) is 23.9 Å². The van der Waals surface area contributed by atoms with Crippen molar-refractivity contribution in [1.82, 2.24) is 9.97 Å². The van der Waals surface area contributed by atoms with E-state index >= 15 is 0 Å². The first-order valence-electron chi connectivity index (χ1n) is 6.07. The number of hydrogen-bond donors (Lipinski definition) is 2. The molecule has 0 fully saturated rings. The Labute approximate surface area is 107 Å². The Morgan fingerprint density at radius 3 is 2.56 bits per heavy atom. The largest absolute Gasteiger partial charge is 0.383 e. The number of hydrogen-bond acceptors (Lipinski definition) is 4. The van der Waals surface area contributed by atoms with Crippen LogP contribution in [0.3, 0.4) is 0 Å². The number of anilines is 3. The molecule has 4 nitrogen and oxygen atoms in total. The number of para-hydroxylation sites is 1. The minimum Gasteiger partial charge on any atom is -0.383 e. The third-order valence-corrected chi connectivity index (χ3v) is 2.94. The van der Waals surface area contributed by atoms with Gasteiger partial charge in [-0.05, 0) is 25.5 Å². The van der Waals surface area contributed by atoms with Crippen molar-refractivity contribution >= 4 is 17.3 Å². The van der Waals surface area contributed by atoms with Gasteiger partial charge in [0, 0.05) is 17.7 Å². The summed E-state index contributed by atoms with van der Waals surface area (Å²) in [4.78, 5) is 8.73. The standard InChI is InChI=1S/C14H18N4/c1-4-12-17-13(15)10(3)14(18-12)16-11-8-6-5-7-9(11)2/h5-8H,4H2,1-3H3,(H3,15,16,17,18). The highest BCUT2D eigenvalue weighted by Gasteiger charge is 2.08. The molecule has 94 valence electrons. The zero-order chi connectivity index (χ0) is 13.1. The molecule has 1 heterocycles. The molecule has 1 aromatic heterocycles. The molecule has 0 radical (unpaired) electrons. The Balaban J connectivity index is 2.40. The molecule has 0 aliphatic carbocycles. The van der Waals surface area contributed by atoms with Gasteiger partial charge in [0.05, 0.1) is 0 Å². The summed E-state index contributed by atoms with van der Waals surface area (Å²) in [6, 6.07) is 8.09. The van der Waals surface area contributed by atoms with Gasteiger partial charge in [0.15, 0.2) is 0 Å². The van der Waals surface area contributed by atoms with Crippen molar-refractivity contribution in [2.24, 2.45) is 0 Å². The first-order valence-corrected chi connectivity index (χ1v) is 6.07. The van der Waals surface area contributed by atoms with Crippen LogP contribution in [0, 0.1) is 13.8 Å². The van der Waals surface area contributed by atoms with Gasteiger partial charge in [-0.25, -0.2) is 9.97 Å². The van der Waals surface area contributed by atoms with Crippen molar-refractivity contribution in [3.05, 3.63) is 41.2 Å². The van der Waals surface area contributed by atoms with Crippen LogP contribution in [-0.4, -0.2) is 9.97 Å². The van der Waals surface area contributed by atoms with Crippen LogP contribution in [0.2, 0.25) is 0 Å². The number of nitrogens with one attached hydrogen (secondary N) is 1. The zero-order valence-electron chi connectivity index (χ0n) is 11.0. The van der Waals surface area contributed by atoms with Crippen LogP contribution in [0.25, 0.3) is 0 Å². The van der Waals surface area contributed by atoms with Crippen LogP contribution in [0.15, 0.2) is 24.3 Å². The van der Waals surface area contributed by atoms with E-state index in [9.17, 15) is 0 Å². The first kappa shape index (κ1) is 12.4. The second-order valence-corrected chi connectivity index (χ2v) is 4.29. The van der Waals surface area contributed by atoms with Gasteiger partial charge in [-0.2, -0.15) is 0 Å². The molecule has 0 bridgehead atoms. The second kappa shape index (κ2) is 5.04. The maximum Gasteiger partial charge on any atom is 0.139 e. The van der Waals surface area contributed by atoms with Gasteiger partial charge in [0.25, 0.3) is 0 Å². The summed E-state index contributed by atoms with van der Waals surface area (Å²) >= 11 is 0. The van der Waals surface area contributed by atoms with E-state index in [1.807, 2.05) is 32.0 Å². The fourth-order valence-electron chi connectivity index (χ4n) is 1.70. The first-order chi connectivity index (χ1) is 8.61. The molecule has 18 heavy (non-hydrogen) atoms. The molecule has 0 saturated heterocycles. The average molecular weight is 242 g/mol. The lowest BCUT2D eigenvalue weighted by molar-refractivity contribution is 0.940. The maximum atomic E-state index is 5.90. The van der Waals surface area contributed by atoms with E-state index in [0.717, 1.165) is 29.3 Å². The predicted molar refractivity (Wildman–Crippen MR) is 75.0 cm³/mol. The molecule has 1 aromatic carbocycles. The number of aromatic nitrogens is 2. The number of nitrogens with zero attached hydrogens (tertiary/aromatic N) is 2. The summed E-state index contributed by atoms with van der Waals surface area (Å²) in [5.74, 6) is 2.08. The molecule has 3 N–H and O–H groups in total. The molecular formula is C14H18N4. The third-order valence-electron chi connectivity index (χ3n) is 2.94. The molecular weight excluding hydrogens is 224 g/mol. The molecule has 4 heteroatoms. The van der Waals surface area contributed by atoms with Gasteiger partial charge < -0.3 is 11.1 Å². The highest BCUT2D eigenvalue weighted by molar-refractivity contribution is 5.65. The molecule has 0 unspecified atom stereocenters. The van der Waals surface area contributed by atoms with Gasteiger partial charge in [0.2, 0.25) is 0 Å². The summed E-state index contributed by atoms with van der Waals surface area (Å²) in [5.41, 5.74) is 9.00. The van der Waals surface area contributed by atoms with E-state index in [4.69, 9.17) is 5.73 Å². The normalized spacial score (nSPS) is 10.4. The van der Waals surface area contributed by atoms with Crippen LogP contribution < -0.4 is 11.1 Å². The molecule has 0 spiro atoms. The summed E-state index contributed by atoms with van der Waals surface area (Å²) in [5, 5.41) is 3.32. The van der Waals surface area contributed by atoms with Gasteiger partial charge >= 0.3 is 0 Å². The monoisotopic (exact) mass is 242 g/mol. The Hall–Kier alpha value is -2.10. The van der Waals surface area contributed by atoms with Gasteiger partial charge in [-0.3, -0.25) is 0 Å². The highest BCUT2D eigenvalue weighted by Crippen LogP contribution is 2.23. The van der Waals surface area contributed by atoms with Crippen LogP contribution in [0.5, 0.6) is 0 Å². The molecule has 2 rings (SSSR count). The zero-order valence-corrected chi connectivity index (χ0v) is 11.0. The Bertz CT molecular complexity index is 564. The quantitative estimate of drug-likeness (QED) is 0.868. The number of rotatable bonds is 3. The van der Waals surface area contributed by atoms with Crippen molar-refractivity contribution in [3.63, 3.8) is 0 Å². The summed E-state index contributed by atoms with van der Waals surface area (Å²) in [7, 11) is 0. The van der Waals surface area contributed by atoms with Crippen molar-refractivity contribution < 1.29 is 0 Å². The van der Waals surface area contributed by atoms with Crippen molar-refractivity contribution in [2.45, 2.75) is 27.2 Å². The van der Waals surface area contributed by atoms with Gasteiger partial charge in [0.1, 0.15) is 17.5 Å². The van der Waals surface area contributed by atoms with Crippen molar-refractivity contribution in [2.75, 3.05) is 11.1 Å². The lowest BCUT2D eigenvalue weighted by Gasteiger charge is -2.13. The molecule has 0 aliphatic heterocycles. The SMILES string of the molecule is CCc1nc(N)c(C)c(Nc2ccccc2C)n1. The summed E-state index contributed by atoms with van der Waals surface area (Å²) in [6.45, 7) is 6.00. The highest BCUT2D eigenvalue weighted by atomic mass is 15.1. The van der Waals surface area contributed by atoms with Crippen molar-refractivity contribution in [1.29, 1.82) is 0 Å². The number of aryl methyl sites for hydroxylation is 2. The predicted octanol–water partition coefficient (Wildman–Crippen LogP) is 2.98.